The first kappa shape index (κ1) is 16.0. The second-order valence-corrected chi connectivity index (χ2v) is 6.82. The number of benzene rings is 1. The van der Waals surface area contributed by atoms with Gasteiger partial charge in [-0.15, -0.1) is 0 Å². The van der Waals surface area contributed by atoms with E-state index >= 15 is 0 Å². The van der Waals surface area contributed by atoms with Gasteiger partial charge in [-0.05, 0) is 44.2 Å². The molecular weight excluding hydrogens is 288 g/mol. The number of carbonyl (C=O) groups is 2. The van der Waals surface area contributed by atoms with E-state index in [1.807, 2.05) is 30.0 Å². The highest BCUT2D eigenvalue weighted by Gasteiger charge is 2.26. The molecule has 1 N–H and O–H groups in total. The van der Waals surface area contributed by atoms with Crippen molar-refractivity contribution in [2.45, 2.75) is 51.9 Å². The SMILES string of the molecule is Cc1cccc(C(=O)N2CCCC2)c1NC(=O)C1CCCCC1. The molecule has 0 bridgehead atoms. The topological polar surface area (TPSA) is 49.4 Å². The van der Waals surface area contributed by atoms with E-state index in [0.717, 1.165) is 57.2 Å². The summed E-state index contributed by atoms with van der Waals surface area (Å²) in [6, 6.07) is 5.69. The third kappa shape index (κ3) is 3.57. The molecular formula is C19H26N2O2. The third-order valence-corrected chi connectivity index (χ3v) is 5.12. The van der Waals surface area contributed by atoms with Crippen molar-refractivity contribution < 1.29 is 9.59 Å². The van der Waals surface area contributed by atoms with Crippen molar-refractivity contribution in [3.63, 3.8) is 0 Å². The van der Waals surface area contributed by atoms with E-state index in [4.69, 9.17) is 0 Å². The van der Waals surface area contributed by atoms with Crippen LogP contribution in [0.3, 0.4) is 0 Å². The molecule has 1 aliphatic heterocycles. The maximum atomic E-state index is 12.8. The monoisotopic (exact) mass is 314 g/mol. The molecule has 0 spiro atoms. The Hall–Kier alpha value is -1.84. The average molecular weight is 314 g/mol. The maximum absolute atomic E-state index is 12.8. The minimum Gasteiger partial charge on any atom is -0.339 e. The molecule has 0 unspecified atom stereocenters. The molecule has 1 aliphatic carbocycles. The first-order valence-electron chi connectivity index (χ1n) is 8.86. The van der Waals surface area contributed by atoms with Crippen LogP contribution in [0.5, 0.6) is 0 Å². The van der Waals surface area contributed by atoms with E-state index in [1.165, 1.54) is 6.42 Å². The van der Waals surface area contributed by atoms with Crippen molar-refractivity contribution in [1.82, 2.24) is 4.90 Å². The van der Waals surface area contributed by atoms with Crippen molar-refractivity contribution in [3.8, 4) is 0 Å². The number of para-hydroxylation sites is 1. The van der Waals surface area contributed by atoms with Crippen molar-refractivity contribution in [2.24, 2.45) is 5.92 Å². The summed E-state index contributed by atoms with van der Waals surface area (Å²) in [5.41, 5.74) is 2.30. The van der Waals surface area contributed by atoms with Crippen LogP contribution in [0, 0.1) is 12.8 Å². The van der Waals surface area contributed by atoms with Crippen LogP contribution in [0.4, 0.5) is 5.69 Å². The Morgan fingerprint density at radius 2 is 1.74 bits per heavy atom. The minimum absolute atomic E-state index is 0.0464. The molecule has 0 atom stereocenters. The van der Waals surface area contributed by atoms with Crippen LogP contribution < -0.4 is 5.32 Å². The zero-order chi connectivity index (χ0) is 16.2. The van der Waals surface area contributed by atoms with Gasteiger partial charge in [-0.2, -0.15) is 0 Å². The fraction of sp³-hybridized carbons (Fsp3) is 0.579. The molecule has 2 amide bonds. The maximum Gasteiger partial charge on any atom is 0.255 e. The van der Waals surface area contributed by atoms with Gasteiger partial charge in [0.05, 0.1) is 11.3 Å². The van der Waals surface area contributed by atoms with Gasteiger partial charge in [-0.1, -0.05) is 31.4 Å². The largest absolute Gasteiger partial charge is 0.339 e. The summed E-state index contributed by atoms with van der Waals surface area (Å²) in [5.74, 6) is 0.220. The van der Waals surface area contributed by atoms with E-state index in [9.17, 15) is 9.59 Å². The number of anilines is 1. The number of nitrogens with one attached hydrogen (secondary N) is 1. The van der Waals surface area contributed by atoms with Crippen LogP contribution in [0.15, 0.2) is 18.2 Å². The van der Waals surface area contributed by atoms with Crippen molar-refractivity contribution in [3.05, 3.63) is 29.3 Å². The number of aryl methyl sites for hydroxylation is 1. The molecule has 1 aromatic rings. The van der Waals surface area contributed by atoms with E-state index in [2.05, 4.69) is 5.32 Å². The second-order valence-electron chi connectivity index (χ2n) is 6.82. The number of hydrogen-bond donors (Lipinski definition) is 1. The fourth-order valence-electron chi connectivity index (χ4n) is 3.69. The molecule has 1 saturated carbocycles. The Morgan fingerprint density at radius 1 is 1.04 bits per heavy atom. The first-order valence-corrected chi connectivity index (χ1v) is 8.86. The molecule has 2 aliphatic rings. The zero-order valence-electron chi connectivity index (χ0n) is 13.9. The van der Waals surface area contributed by atoms with Gasteiger partial charge in [-0.25, -0.2) is 0 Å². The van der Waals surface area contributed by atoms with Crippen LogP contribution in [0.2, 0.25) is 0 Å². The molecule has 2 fully saturated rings. The molecule has 4 nitrogen and oxygen atoms in total. The van der Waals surface area contributed by atoms with Gasteiger partial charge in [0.25, 0.3) is 5.91 Å². The van der Waals surface area contributed by atoms with E-state index in [0.29, 0.717) is 11.3 Å². The molecule has 1 saturated heterocycles. The molecule has 124 valence electrons. The molecule has 1 heterocycles. The summed E-state index contributed by atoms with van der Waals surface area (Å²) in [6.07, 6.45) is 7.56. The highest BCUT2D eigenvalue weighted by Crippen LogP contribution is 2.28. The fourth-order valence-corrected chi connectivity index (χ4v) is 3.69. The highest BCUT2D eigenvalue weighted by molar-refractivity contribution is 6.05. The number of likely N-dealkylation sites (tertiary alicyclic amines) is 1. The predicted octanol–water partition coefficient (Wildman–Crippen LogP) is 3.75. The summed E-state index contributed by atoms with van der Waals surface area (Å²) < 4.78 is 0. The van der Waals surface area contributed by atoms with Crippen molar-refractivity contribution in [2.75, 3.05) is 18.4 Å². The minimum atomic E-state index is 0.0464. The van der Waals surface area contributed by atoms with Gasteiger partial charge in [-0.3, -0.25) is 9.59 Å². The van der Waals surface area contributed by atoms with Crippen LogP contribution in [-0.2, 0) is 4.79 Å². The highest BCUT2D eigenvalue weighted by atomic mass is 16.2. The van der Waals surface area contributed by atoms with Gasteiger partial charge in [0, 0.05) is 19.0 Å². The van der Waals surface area contributed by atoms with Crippen molar-refractivity contribution >= 4 is 17.5 Å². The lowest BCUT2D eigenvalue weighted by Crippen LogP contribution is -2.30. The lowest BCUT2D eigenvalue weighted by molar-refractivity contribution is -0.120. The second kappa shape index (κ2) is 7.16. The zero-order valence-corrected chi connectivity index (χ0v) is 13.9. The number of nitrogens with zero attached hydrogens (tertiary/aromatic N) is 1. The molecule has 0 aromatic heterocycles. The normalized spacial score (nSPS) is 18.9. The van der Waals surface area contributed by atoms with Crippen LogP contribution >= 0.6 is 0 Å². The van der Waals surface area contributed by atoms with Crippen LogP contribution in [0.25, 0.3) is 0 Å². The number of hydrogen-bond acceptors (Lipinski definition) is 2. The molecule has 1 aromatic carbocycles. The predicted molar refractivity (Wildman–Crippen MR) is 91.5 cm³/mol. The standard InChI is InChI=1S/C19H26N2O2/c1-14-8-7-11-16(19(23)21-12-5-6-13-21)17(14)20-18(22)15-9-3-2-4-10-15/h7-8,11,15H,2-6,9-10,12-13H2,1H3,(H,20,22). The third-order valence-electron chi connectivity index (χ3n) is 5.12. The Kier molecular flexibility index (Phi) is 4.99. The van der Waals surface area contributed by atoms with E-state index < -0.39 is 0 Å². The van der Waals surface area contributed by atoms with Gasteiger partial charge >= 0.3 is 0 Å². The summed E-state index contributed by atoms with van der Waals surface area (Å²) in [4.78, 5) is 27.2. The van der Waals surface area contributed by atoms with Gasteiger partial charge < -0.3 is 10.2 Å². The Balaban J connectivity index is 1.80. The van der Waals surface area contributed by atoms with Crippen molar-refractivity contribution in [1.29, 1.82) is 0 Å². The molecule has 0 radical (unpaired) electrons. The van der Waals surface area contributed by atoms with Gasteiger partial charge in [0.2, 0.25) is 5.91 Å². The van der Waals surface area contributed by atoms with Gasteiger partial charge in [0.15, 0.2) is 0 Å². The quantitative estimate of drug-likeness (QED) is 0.923. The lowest BCUT2D eigenvalue weighted by Gasteiger charge is -2.23. The summed E-state index contributed by atoms with van der Waals surface area (Å²) in [5, 5.41) is 3.07. The van der Waals surface area contributed by atoms with E-state index in [-0.39, 0.29) is 17.7 Å². The number of rotatable bonds is 3. The molecule has 4 heteroatoms. The summed E-state index contributed by atoms with van der Waals surface area (Å²) in [6.45, 7) is 3.60. The summed E-state index contributed by atoms with van der Waals surface area (Å²) >= 11 is 0. The Morgan fingerprint density at radius 3 is 2.43 bits per heavy atom. The average Bonchev–Trinajstić information content (AvgIpc) is 3.11. The van der Waals surface area contributed by atoms with Gasteiger partial charge in [0.1, 0.15) is 0 Å². The molecule has 23 heavy (non-hydrogen) atoms. The summed E-state index contributed by atoms with van der Waals surface area (Å²) in [7, 11) is 0. The van der Waals surface area contributed by atoms with E-state index in [1.54, 1.807) is 0 Å². The Labute approximate surface area is 138 Å². The lowest BCUT2D eigenvalue weighted by atomic mass is 9.88. The number of amides is 2. The van der Waals surface area contributed by atoms with Crippen LogP contribution in [-0.4, -0.2) is 29.8 Å². The first-order chi connectivity index (χ1) is 11.2. The number of carbonyl (C=O) groups excluding carboxylic acids is 2. The molecule has 3 rings (SSSR count). The Bertz CT molecular complexity index is 585. The smallest absolute Gasteiger partial charge is 0.255 e. The van der Waals surface area contributed by atoms with Crippen LogP contribution in [0.1, 0.15) is 60.9 Å².